The van der Waals surface area contributed by atoms with Gasteiger partial charge in [0.1, 0.15) is 5.01 Å². The lowest BCUT2D eigenvalue weighted by molar-refractivity contribution is -0.119. The van der Waals surface area contributed by atoms with E-state index < -0.39 is 18.5 Å². The van der Waals surface area contributed by atoms with Crippen LogP contribution in [0.3, 0.4) is 0 Å². The van der Waals surface area contributed by atoms with Crippen molar-refractivity contribution in [3.8, 4) is 0 Å². The summed E-state index contributed by atoms with van der Waals surface area (Å²) in [4.78, 5) is 29.2. The molecular weight excluding hydrogens is 352 g/mol. The van der Waals surface area contributed by atoms with Gasteiger partial charge in [0.15, 0.2) is 6.61 Å². The molecule has 7 nitrogen and oxygen atoms in total. The summed E-state index contributed by atoms with van der Waals surface area (Å²) >= 11 is 1.25. The molecule has 3 rings (SSSR count). The number of benzene rings is 1. The first-order chi connectivity index (χ1) is 12.5. The van der Waals surface area contributed by atoms with Gasteiger partial charge in [0.05, 0.1) is 11.1 Å². The molecule has 1 N–H and O–H groups in total. The zero-order valence-corrected chi connectivity index (χ0v) is 15.5. The Kier molecular flexibility index (Phi) is 5.22. The number of hydrogen-bond acceptors (Lipinski definition) is 7. The van der Waals surface area contributed by atoms with E-state index in [1.165, 1.54) is 11.3 Å². The Hall–Kier alpha value is -2.87. The molecule has 0 saturated heterocycles. The van der Waals surface area contributed by atoms with Gasteiger partial charge >= 0.3 is 5.97 Å². The van der Waals surface area contributed by atoms with Crippen LogP contribution in [0.15, 0.2) is 24.3 Å². The number of carbonyl (C=O) groups excluding carboxylic acids is 2. The number of anilines is 1. The minimum atomic E-state index is -0.542. The summed E-state index contributed by atoms with van der Waals surface area (Å²) < 4.78 is 5.24. The lowest BCUT2D eigenvalue weighted by atomic mass is 10.0. The van der Waals surface area contributed by atoms with Gasteiger partial charge in [-0.15, -0.1) is 10.2 Å². The lowest BCUT2D eigenvalue weighted by Crippen LogP contribution is -2.21. The Morgan fingerprint density at radius 2 is 1.96 bits per heavy atom. The molecule has 0 aliphatic heterocycles. The largest absolute Gasteiger partial charge is 0.452 e. The maximum atomic E-state index is 12.7. The summed E-state index contributed by atoms with van der Waals surface area (Å²) in [6, 6.07) is 7.40. The Balaban J connectivity index is 1.79. The number of para-hydroxylation sites is 1. The Bertz CT molecular complexity index is 984. The topological polar surface area (TPSA) is 94.1 Å². The van der Waals surface area contributed by atoms with E-state index in [0.717, 1.165) is 21.8 Å². The molecule has 0 unspecified atom stereocenters. The van der Waals surface area contributed by atoms with Gasteiger partial charge in [-0.1, -0.05) is 36.5 Å². The summed E-state index contributed by atoms with van der Waals surface area (Å²) in [7, 11) is 0. The second kappa shape index (κ2) is 7.57. The first kappa shape index (κ1) is 17.9. The van der Waals surface area contributed by atoms with Crippen LogP contribution >= 0.6 is 11.3 Å². The minimum absolute atomic E-state index is 0.377. The molecule has 0 radical (unpaired) electrons. The smallest absolute Gasteiger partial charge is 0.339 e. The third kappa shape index (κ3) is 3.70. The van der Waals surface area contributed by atoms with Crippen LogP contribution < -0.4 is 5.32 Å². The Morgan fingerprint density at radius 1 is 1.19 bits per heavy atom. The van der Waals surface area contributed by atoms with E-state index in [4.69, 9.17) is 4.74 Å². The van der Waals surface area contributed by atoms with E-state index in [1.54, 1.807) is 6.92 Å². The molecule has 3 aromatic rings. The SMILES string of the molecule is CCc1nc2ccccc2c(C(=O)OCC(=O)Nc2nnc(C)s2)c1C. The van der Waals surface area contributed by atoms with Crippen molar-refractivity contribution in [2.24, 2.45) is 0 Å². The zero-order valence-electron chi connectivity index (χ0n) is 14.7. The predicted molar refractivity (Wildman–Crippen MR) is 99.4 cm³/mol. The van der Waals surface area contributed by atoms with Crippen LogP contribution in [0.1, 0.15) is 33.5 Å². The quantitative estimate of drug-likeness (QED) is 0.694. The Labute approximate surface area is 154 Å². The van der Waals surface area contributed by atoms with Gasteiger partial charge in [0.25, 0.3) is 5.91 Å². The van der Waals surface area contributed by atoms with Crippen LogP contribution in [-0.4, -0.2) is 33.7 Å². The molecule has 2 aromatic heterocycles. The van der Waals surface area contributed by atoms with Crippen molar-refractivity contribution in [1.82, 2.24) is 15.2 Å². The summed E-state index contributed by atoms with van der Waals surface area (Å²) in [5.41, 5.74) is 2.79. The number of rotatable bonds is 5. The highest BCUT2D eigenvalue weighted by Gasteiger charge is 2.19. The van der Waals surface area contributed by atoms with Gasteiger partial charge in [-0.05, 0) is 31.9 Å². The number of nitrogens with zero attached hydrogens (tertiary/aromatic N) is 3. The highest BCUT2D eigenvalue weighted by atomic mass is 32.1. The second-order valence-electron chi connectivity index (χ2n) is 5.68. The van der Waals surface area contributed by atoms with E-state index in [0.29, 0.717) is 22.5 Å². The van der Waals surface area contributed by atoms with Crippen molar-refractivity contribution in [3.05, 3.63) is 46.1 Å². The molecule has 0 saturated carbocycles. The number of carbonyl (C=O) groups is 2. The number of amides is 1. The number of nitrogens with one attached hydrogen (secondary N) is 1. The van der Waals surface area contributed by atoms with Gasteiger partial charge in [-0.25, -0.2) is 4.79 Å². The van der Waals surface area contributed by atoms with E-state index in [-0.39, 0.29) is 0 Å². The zero-order chi connectivity index (χ0) is 18.7. The molecule has 0 aliphatic carbocycles. The van der Waals surface area contributed by atoms with Gasteiger partial charge in [0.2, 0.25) is 5.13 Å². The van der Waals surface area contributed by atoms with Crippen LogP contribution in [0.25, 0.3) is 10.9 Å². The number of aromatic nitrogens is 3. The van der Waals surface area contributed by atoms with E-state index >= 15 is 0 Å². The molecule has 1 amide bonds. The van der Waals surface area contributed by atoms with Crippen molar-refractivity contribution < 1.29 is 14.3 Å². The van der Waals surface area contributed by atoms with Gasteiger partial charge in [0, 0.05) is 11.1 Å². The minimum Gasteiger partial charge on any atom is -0.452 e. The van der Waals surface area contributed by atoms with Crippen LogP contribution in [-0.2, 0) is 16.0 Å². The Morgan fingerprint density at radius 3 is 2.65 bits per heavy atom. The number of hydrogen-bond donors (Lipinski definition) is 1. The molecule has 8 heteroatoms. The molecular formula is C18H18N4O3S. The lowest BCUT2D eigenvalue weighted by Gasteiger charge is -2.13. The van der Waals surface area contributed by atoms with Crippen LogP contribution in [0, 0.1) is 13.8 Å². The van der Waals surface area contributed by atoms with Gasteiger partial charge in [-0.3, -0.25) is 15.1 Å². The maximum Gasteiger partial charge on any atom is 0.339 e. The molecule has 1 aromatic carbocycles. The average Bonchev–Trinajstić information content (AvgIpc) is 3.03. The predicted octanol–water partition coefficient (Wildman–Crippen LogP) is 3.06. The number of fused-ring (bicyclic) bond motifs is 1. The fourth-order valence-electron chi connectivity index (χ4n) is 2.67. The van der Waals surface area contributed by atoms with E-state index in [1.807, 2.05) is 38.1 Å². The van der Waals surface area contributed by atoms with Crippen LogP contribution in [0.4, 0.5) is 5.13 Å². The molecule has 0 bridgehead atoms. The molecule has 0 spiro atoms. The third-order valence-electron chi connectivity index (χ3n) is 3.88. The molecule has 26 heavy (non-hydrogen) atoms. The number of ether oxygens (including phenoxy) is 1. The molecule has 134 valence electrons. The fraction of sp³-hybridized carbons (Fsp3) is 0.278. The first-order valence-corrected chi connectivity index (χ1v) is 8.96. The molecule has 2 heterocycles. The second-order valence-corrected chi connectivity index (χ2v) is 6.86. The monoisotopic (exact) mass is 370 g/mol. The highest BCUT2D eigenvalue weighted by Crippen LogP contribution is 2.24. The highest BCUT2D eigenvalue weighted by molar-refractivity contribution is 7.15. The average molecular weight is 370 g/mol. The summed E-state index contributed by atoms with van der Waals surface area (Å²) in [5, 5.41) is 12.0. The van der Waals surface area contributed by atoms with Crippen molar-refractivity contribution in [1.29, 1.82) is 0 Å². The molecule has 0 fully saturated rings. The third-order valence-corrected chi connectivity index (χ3v) is 4.64. The number of aryl methyl sites for hydroxylation is 2. The van der Waals surface area contributed by atoms with Crippen molar-refractivity contribution >= 4 is 39.2 Å². The van der Waals surface area contributed by atoms with E-state index in [9.17, 15) is 9.59 Å². The molecule has 0 atom stereocenters. The summed E-state index contributed by atoms with van der Waals surface area (Å²) in [5.74, 6) is -0.999. The van der Waals surface area contributed by atoms with Gasteiger partial charge in [-0.2, -0.15) is 0 Å². The number of pyridine rings is 1. The maximum absolute atomic E-state index is 12.7. The van der Waals surface area contributed by atoms with Crippen molar-refractivity contribution in [3.63, 3.8) is 0 Å². The van der Waals surface area contributed by atoms with Crippen molar-refractivity contribution in [2.75, 3.05) is 11.9 Å². The summed E-state index contributed by atoms with van der Waals surface area (Å²) in [6.45, 7) is 5.22. The van der Waals surface area contributed by atoms with Gasteiger partial charge < -0.3 is 4.74 Å². The van der Waals surface area contributed by atoms with Crippen molar-refractivity contribution in [2.45, 2.75) is 27.2 Å². The fourth-order valence-corrected chi connectivity index (χ4v) is 3.28. The number of esters is 1. The van der Waals surface area contributed by atoms with E-state index in [2.05, 4.69) is 20.5 Å². The van der Waals surface area contributed by atoms with Crippen LogP contribution in [0.5, 0.6) is 0 Å². The van der Waals surface area contributed by atoms with Crippen LogP contribution in [0.2, 0.25) is 0 Å². The first-order valence-electron chi connectivity index (χ1n) is 8.15. The normalized spacial score (nSPS) is 10.7. The standard InChI is InChI=1S/C18H18N4O3S/c1-4-13-10(2)16(12-7-5-6-8-14(12)19-13)17(24)25-9-15(23)20-18-22-21-11(3)26-18/h5-8H,4,9H2,1-3H3,(H,20,22,23). The molecule has 0 aliphatic rings. The summed E-state index contributed by atoms with van der Waals surface area (Å²) in [6.07, 6.45) is 0.702.